The van der Waals surface area contributed by atoms with E-state index < -0.39 is 0 Å². The van der Waals surface area contributed by atoms with E-state index in [1.165, 1.54) is 0 Å². The minimum Gasteiger partial charge on any atom is -0.438 e. The number of nitrogens with zero attached hydrogens (tertiary/aromatic N) is 2. The summed E-state index contributed by atoms with van der Waals surface area (Å²) in [6, 6.07) is 5.25. The summed E-state index contributed by atoms with van der Waals surface area (Å²) in [6.45, 7) is 4.13. The average Bonchev–Trinajstić information content (AvgIpc) is 2.33. The van der Waals surface area contributed by atoms with Gasteiger partial charge in [-0.15, -0.1) is 0 Å². The molecule has 0 aliphatic heterocycles. The Balaban J connectivity index is 2.35. The van der Waals surface area contributed by atoms with Crippen molar-refractivity contribution in [2.45, 2.75) is 20.5 Å². The van der Waals surface area contributed by atoms with Gasteiger partial charge in [0.05, 0.1) is 0 Å². The Morgan fingerprint density at radius 1 is 1.15 bits per heavy atom. The van der Waals surface area contributed by atoms with Crippen LogP contribution in [-0.4, -0.2) is 17.1 Å². The van der Waals surface area contributed by atoms with Crippen LogP contribution in [0.1, 0.15) is 17.0 Å². The molecule has 0 aliphatic carbocycles. The lowest BCUT2D eigenvalue weighted by atomic mass is 10.1. The number of anilines is 1. The lowest BCUT2D eigenvalue weighted by Crippen LogP contribution is -2.03. The highest BCUT2D eigenvalue weighted by atomic mass is 35.5. The molecule has 106 valence electrons. The fourth-order valence-corrected chi connectivity index (χ4v) is 2.23. The first-order valence-electron chi connectivity index (χ1n) is 6.06. The number of ether oxygens (including phenoxy) is 2. The topological polar surface area (TPSA) is 70.3 Å². The number of methoxy groups -OCH3 is 1. The van der Waals surface area contributed by atoms with E-state index >= 15 is 0 Å². The van der Waals surface area contributed by atoms with Gasteiger partial charge in [-0.05, 0) is 37.1 Å². The molecule has 0 aliphatic rings. The third kappa shape index (κ3) is 3.37. The quantitative estimate of drug-likeness (QED) is 0.937. The minimum atomic E-state index is 0.278. The van der Waals surface area contributed by atoms with Gasteiger partial charge in [0.25, 0.3) is 0 Å². The molecule has 0 fully saturated rings. The largest absolute Gasteiger partial charge is 0.438 e. The summed E-state index contributed by atoms with van der Waals surface area (Å²) in [7, 11) is 1.57. The summed E-state index contributed by atoms with van der Waals surface area (Å²) in [4.78, 5) is 8.32. The van der Waals surface area contributed by atoms with Crippen LogP contribution in [-0.2, 0) is 11.3 Å². The maximum absolute atomic E-state index is 6.00. The number of rotatable bonds is 4. The highest BCUT2D eigenvalue weighted by molar-refractivity contribution is 6.30. The number of benzene rings is 1. The third-order valence-corrected chi connectivity index (χ3v) is 2.89. The van der Waals surface area contributed by atoms with Crippen molar-refractivity contribution in [1.29, 1.82) is 0 Å². The molecule has 0 bridgehead atoms. The smallest absolute Gasteiger partial charge is 0.224 e. The molecule has 0 unspecified atom stereocenters. The molecule has 0 radical (unpaired) electrons. The number of aromatic nitrogens is 2. The molecule has 0 spiro atoms. The van der Waals surface area contributed by atoms with Crippen molar-refractivity contribution in [2.75, 3.05) is 12.8 Å². The van der Waals surface area contributed by atoms with Crippen molar-refractivity contribution in [2.24, 2.45) is 0 Å². The van der Waals surface area contributed by atoms with Crippen LogP contribution in [0.3, 0.4) is 0 Å². The monoisotopic (exact) mass is 293 g/mol. The zero-order chi connectivity index (χ0) is 14.7. The highest BCUT2D eigenvalue weighted by Crippen LogP contribution is 2.31. The van der Waals surface area contributed by atoms with E-state index in [0.29, 0.717) is 22.5 Å². The van der Waals surface area contributed by atoms with Gasteiger partial charge in [-0.2, -0.15) is 4.98 Å². The Hall–Kier alpha value is -1.85. The van der Waals surface area contributed by atoms with Crippen LogP contribution in [0.4, 0.5) is 5.82 Å². The zero-order valence-corrected chi connectivity index (χ0v) is 12.4. The molecule has 5 nitrogen and oxygen atoms in total. The molecule has 0 saturated carbocycles. The molecule has 2 rings (SSSR count). The molecule has 1 aromatic heterocycles. The number of halogens is 1. The van der Waals surface area contributed by atoms with Gasteiger partial charge in [0.1, 0.15) is 18.2 Å². The van der Waals surface area contributed by atoms with Crippen molar-refractivity contribution in [3.8, 4) is 11.6 Å². The van der Waals surface area contributed by atoms with E-state index in [9.17, 15) is 0 Å². The van der Waals surface area contributed by atoms with Gasteiger partial charge in [0.2, 0.25) is 5.88 Å². The molecule has 2 N–H and O–H groups in total. The second-order valence-electron chi connectivity index (χ2n) is 4.45. The van der Waals surface area contributed by atoms with Crippen molar-refractivity contribution >= 4 is 17.4 Å². The van der Waals surface area contributed by atoms with E-state index in [4.69, 9.17) is 26.8 Å². The van der Waals surface area contributed by atoms with Crippen molar-refractivity contribution in [1.82, 2.24) is 9.97 Å². The number of hydrogen-bond acceptors (Lipinski definition) is 5. The number of hydrogen-bond donors (Lipinski definition) is 1. The second-order valence-corrected chi connectivity index (χ2v) is 4.89. The second kappa shape index (κ2) is 6.07. The molecule has 0 atom stereocenters. The number of nitrogens with two attached hydrogens (primary N) is 1. The minimum absolute atomic E-state index is 0.278. The Morgan fingerprint density at radius 2 is 1.80 bits per heavy atom. The number of nitrogen functional groups attached to an aromatic ring is 1. The molecule has 1 aromatic carbocycles. The summed E-state index contributed by atoms with van der Waals surface area (Å²) in [6.07, 6.45) is 0. The van der Waals surface area contributed by atoms with Gasteiger partial charge in [-0.1, -0.05) is 11.6 Å². The molecule has 2 aromatic rings. The van der Waals surface area contributed by atoms with Crippen LogP contribution in [0.25, 0.3) is 0 Å². The van der Waals surface area contributed by atoms with Crippen LogP contribution in [0.2, 0.25) is 5.02 Å². The van der Waals surface area contributed by atoms with Crippen LogP contribution in [0.15, 0.2) is 18.2 Å². The highest BCUT2D eigenvalue weighted by Gasteiger charge is 2.10. The molecule has 0 saturated heterocycles. The Labute approximate surface area is 122 Å². The molecule has 1 heterocycles. The van der Waals surface area contributed by atoms with Crippen LogP contribution >= 0.6 is 11.6 Å². The van der Waals surface area contributed by atoms with E-state index in [1.807, 2.05) is 26.0 Å². The maximum atomic E-state index is 6.00. The van der Waals surface area contributed by atoms with E-state index in [0.717, 1.165) is 16.9 Å². The van der Waals surface area contributed by atoms with E-state index in [2.05, 4.69) is 9.97 Å². The zero-order valence-electron chi connectivity index (χ0n) is 11.6. The van der Waals surface area contributed by atoms with Crippen LogP contribution in [0.5, 0.6) is 11.6 Å². The standard InChI is InChI=1S/C14H16ClN3O2/c1-8-4-10(15)5-9(2)14(8)20-13-6-11(16)17-12(18-13)7-19-3/h4-6H,7H2,1-3H3,(H2,16,17,18). The van der Waals surface area contributed by atoms with Crippen molar-refractivity contribution in [3.05, 3.63) is 40.2 Å². The van der Waals surface area contributed by atoms with Crippen LogP contribution in [0, 0.1) is 13.8 Å². The number of aryl methyl sites for hydroxylation is 2. The fourth-order valence-electron chi connectivity index (χ4n) is 1.90. The lowest BCUT2D eigenvalue weighted by molar-refractivity contribution is 0.177. The van der Waals surface area contributed by atoms with Crippen molar-refractivity contribution in [3.63, 3.8) is 0 Å². The molecular formula is C14H16ClN3O2. The van der Waals surface area contributed by atoms with Gasteiger partial charge in [0.15, 0.2) is 5.82 Å². The van der Waals surface area contributed by atoms with Gasteiger partial charge in [-0.3, -0.25) is 0 Å². The predicted molar refractivity (Wildman–Crippen MR) is 78.2 cm³/mol. The SMILES string of the molecule is COCc1nc(N)cc(Oc2c(C)cc(Cl)cc2C)n1. The molecule has 20 heavy (non-hydrogen) atoms. The summed E-state index contributed by atoms with van der Waals surface area (Å²) in [5.41, 5.74) is 7.60. The summed E-state index contributed by atoms with van der Waals surface area (Å²) < 4.78 is 10.8. The van der Waals surface area contributed by atoms with Gasteiger partial charge < -0.3 is 15.2 Å². The van der Waals surface area contributed by atoms with Gasteiger partial charge >= 0.3 is 0 Å². The Bertz CT molecular complexity index is 609. The normalized spacial score (nSPS) is 10.6. The predicted octanol–water partition coefficient (Wildman–Crippen LogP) is 3.27. The first kappa shape index (κ1) is 14.6. The van der Waals surface area contributed by atoms with E-state index in [1.54, 1.807) is 13.2 Å². The fraction of sp³-hybridized carbons (Fsp3) is 0.286. The average molecular weight is 294 g/mol. The van der Waals surface area contributed by atoms with Crippen molar-refractivity contribution < 1.29 is 9.47 Å². The van der Waals surface area contributed by atoms with Crippen LogP contribution < -0.4 is 10.5 Å². The molecule has 0 amide bonds. The van der Waals surface area contributed by atoms with E-state index in [-0.39, 0.29) is 6.61 Å². The maximum Gasteiger partial charge on any atom is 0.224 e. The lowest BCUT2D eigenvalue weighted by Gasteiger charge is -2.12. The summed E-state index contributed by atoms with van der Waals surface area (Å²) >= 11 is 6.00. The first-order chi connectivity index (χ1) is 9.49. The third-order valence-electron chi connectivity index (χ3n) is 2.67. The summed E-state index contributed by atoms with van der Waals surface area (Å²) in [5, 5.41) is 0.676. The first-order valence-corrected chi connectivity index (χ1v) is 6.44. The molecule has 6 heteroatoms. The van der Waals surface area contributed by atoms with Gasteiger partial charge in [-0.25, -0.2) is 4.98 Å². The Kier molecular flexibility index (Phi) is 4.42. The van der Waals surface area contributed by atoms with Gasteiger partial charge in [0, 0.05) is 18.2 Å². The summed E-state index contributed by atoms with van der Waals surface area (Å²) in [5.74, 6) is 1.92. The Morgan fingerprint density at radius 3 is 2.40 bits per heavy atom. The molecular weight excluding hydrogens is 278 g/mol.